The lowest BCUT2D eigenvalue weighted by atomic mass is 9.72. The minimum atomic E-state index is 0.152. The zero-order chi connectivity index (χ0) is 16.4. The van der Waals surface area contributed by atoms with Gasteiger partial charge in [-0.15, -0.1) is 0 Å². The Labute approximate surface area is 134 Å². The molecule has 0 spiro atoms. The normalized spacial score (nSPS) is 12.3. The van der Waals surface area contributed by atoms with Crippen LogP contribution in [0, 0.1) is 12.3 Å². The van der Waals surface area contributed by atoms with E-state index < -0.39 is 0 Å². The van der Waals surface area contributed by atoms with Crippen LogP contribution in [0.3, 0.4) is 0 Å². The smallest absolute Gasteiger partial charge is 0.219 e. The lowest BCUT2D eigenvalue weighted by molar-refractivity contribution is 0.284. The molecule has 0 bridgehead atoms. The van der Waals surface area contributed by atoms with E-state index in [0.29, 0.717) is 11.3 Å². The molecule has 1 heterocycles. The van der Waals surface area contributed by atoms with E-state index in [1.165, 1.54) is 5.56 Å². The van der Waals surface area contributed by atoms with Crippen molar-refractivity contribution in [1.82, 2.24) is 4.98 Å². The summed E-state index contributed by atoms with van der Waals surface area (Å²) in [6.45, 7) is 13.5. The Morgan fingerprint density at radius 2 is 1.55 bits per heavy atom. The molecule has 0 atom stereocenters. The van der Waals surface area contributed by atoms with Gasteiger partial charge in [0, 0.05) is 12.3 Å². The SMILES string of the molecule is Cc1ccc(Oc2ccc(C(C)(C)CC(C)(C)C)cc2)nc1. The van der Waals surface area contributed by atoms with Crippen molar-refractivity contribution < 1.29 is 4.74 Å². The molecule has 1 aromatic heterocycles. The van der Waals surface area contributed by atoms with Gasteiger partial charge >= 0.3 is 0 Å². The van der Waals surface area contributed by atoms with Gasteiger partial charge in [-0.2, -0.15) is 0 Å². The molecular weight excluding hydrogens is 270 g/mol. The maximum absolute atomic E-state index is 5.79. The first-order valence-corrected chi connectivity index (χ1v) is 7.87. The van der Waals surface area contributed by atoms with Crippen LogP contribution in [0.5, 0.6) is 11.6 Å². The summed E-state index contributed by atoms with van der Waals surface area (Å²) < 4.78 is 5.79. The standard InChI is InChI=1S/C20H27NO/c1-15-7-12-18(21-13-15)22-17-10-8-16(9-11-17)20(5,6)14-19(2,3)4/h7-13H,14H2,1-6H3. The fourth-order valence-electron chi connectivity index (χ4n) is 3.04. The van der Waals surface area contributed by atoms with Crippen LogP contribution in [0.15, 0.2) is 42.6 Å². The number of ether oxygens (including phenoxy) is 1. The highest BCUT2D eigenvalue weighted by Gasteiger charge is 2.27. The zero-order valence-corrected chi connectivity index (χ0v) is 14.6. The van der Waals surface area contributed by atoms with Crippen molar-refractivity contribution in [3.63, 3.8) is 0 Å². The number of benzene rings is 1. The van der Waals surface area contributed by atoms with Crippen LogP contribution < -0.4 is 4.74 Å². The molecule has 2 heteroatoms. The lowest BCUT2D eigenvalue weighted by Gasteiger charge is -2.33. The molecule has 2 aromatic rings. The summed E-state index contributed by atoms with van der Waals surface area (Å²) in [5, 5.41) is 0. The molecule has 22 heavy (non-hydrogen) atoms. The number of pyridine rings is 1. The second kappa shape index (κ2) is 6.12. The number of hydrogen-bond donors (Lipinski definition) is 0. The second-order valence-electron chi connectivity index (χ2n) is 7.92. The Morgan fingerprint density at radius 1 is 0.909 bits per heavy atom. The van der Waals surface area contributed by atoms with Crippen molar-refractivity contribution in [2.45, 2.75) is 53.4 Å². The van der Waals surface area contributed by atoms with E-state index >= 15 is 0 Å². The first-order valence-electron chi connectivity index (χ1n) is 7.87. The highest BCUT2D eigenvalue weighted by atomic mass is 16.5. The number of aryl methyl sites for hydroxylation is 1. The third kappa shape index (κ3) is 4.59. The van der Waals surface area contributed by atoms with Crippen molar-refractivity contribution >= 4 is 0 Å². The van der Waals surface area contributed by atoms with Gasteiger partial charge in [-0.3, -0.25) is 0 Å². The average Bonchev–Trinajstić information content (AvgIpc) is 2.39. The van der Waals surface area contributed by atoms with Crippen LogP contribution in [0.25, 0.3) is 0 Å². The average molecular weight is 297 g/mol. The van der Waals surface area contributed by atoms with Gasteiger partial charge in [0.15, 0.2) is 0 Å². The van der Waals surface area contributed by atoms with Gasteiger partial charge in [0.05, 0.1) is 0 Å². The first-order chi connectivity index (χ1) is 10.2. The molecule has 0 aliphatic rings. The van der Waals surface area contributed by atoms with Gasteiger partial charge < -0.3 is 4.74 Å². The Balaban J connectivity index is 2.11. The third-order valence-electron chi connectivity index (χ3n) is 3.71. The van der Waals surface area contributed by atoms with Crippen LogP contribution >= 0.6 is 0 Å². The molecule has 0 aliphatic heterocycles. The molecular formula is C20H27NO. The fraction of sp³-hybridized carbons (Fsp3) is 0.450. The topological polar surface area (TPSA) is 22.1 Å². The van der Waals surface area contributed by atoms with E-state index in [1.54, 1.807) is 0 Å². The molecule has 0 fully saturated rings. The van der Waals surface area contributed by atoms with Crippen molar-refractivity contribution in [3.8, 4) is 11.6 Å². The van der Waals surface area contributed by atoms with E-state index in [2.05, 4.69) is 51.7 Å². The summed E-state index contributed by atoms with van der Waals surface area (Å²) in [5.74, 6) is 1.46. The number of rotatable bonds is 4. The molecule has 0 amide bonds. The molecule has 1 aromatic carbocycles. The number of aromatic nitrogens is 1. The van der Waals surface area contributed by atoms with Crippen molar-refractivity contribution in [2.24, 2.45) is 5.41 Å². The Bertz CT molecular complexity index is 604. The molecule has 0 aliphatic carbocycles. The second-order valence-corrected chi connectivity index (χ2v) is 7.92. The summed E-state index contributed by atoms with van der Waals surface area (Å²) in [6.07, 6.45) is 2.95. The van der Waals surface area contributed by atoms with E-state index in [1.807, 2.05) is 37.4 Å². The maximum Gasteiger partial charge on any atom is 0.219 e. The summed E-state index contributed by atoms with van der Waals surface area (Å²) in [7, 11) is 0. The van der Waals surface area contributed by atoms with E-state index in [0.717, 1.165) is 17.7 Å². The van der Waals surface area contributed by atoms with Crippen LogP contribution in [0.1, 0.15) is 52.2 Å². The molecule has 2 nitrogen and oxygen atoms in total. The zero-order valence-electron chi connectivity index (χ0n) is 14.6. The van der Waals surface area contributed by atoms with E-state index in [9.17, 15) is 0 Å². The maximum atomic E-state index is 5.79. The van der Waals surface area contributed by atoms with Gasteiger partial charge in [-0.05, 0) is 47.4 Å². The predicted molar refractivity (Wildman–Crippen MR) is 92.6 cm³/mol. The Morgan fingerprint density at radius 3 is 2.05 bits per heavy atom. The minimum absolute atomic E-state index is 0.152. The van der Waals surface area contributed by atoms with Crippen molar-refractivity contribution in [3.05, 3.63) is 53.7 Å². The van der Waals surface area contributed by atoms with Crippen LogP contribution in [0.2, 0.25) is 0 Å². The van der Waals surface area contributed by atoms with E-state index in [-0.39, 0.29) is 5.41 Å². The molecule has 118 valence electrons. The van der Waals surface area contributed by atoms with Gasteiger partial charge in [-0.1, -0.05) is 52.8 Å². The molecule has 2 rings (SSSR count). The van der Waals surface area contributed by atoms with Gasteiger partial charge in [0.2, 0.25) is 5.88 Å². The largest absolute Gasteiger partial charge is 0.439 e. The molecule has 0 saturated carbocycles. The molecule has 0 saturated heterocycles. The highest BCUT2D eigenvalue weighted by molar-refractivity contribution is 5.34. The van der Waals surface area contributed by atoms with Crippen molar-refractivity contribution in [2.75, 3.05) is 0 Å². The first kappa shape index (κ1) is 16.5. The number of hydrogen-bond acceptors (Lipinski definition) is 2. The molecule has 0 radical (unpaired) electrons. The van der Waals surface area contributed by atoms with E-state index in [4.69, 9.17) is 4.74 Å². The lowest BCUT2D eigenvalue weighted by Crippen LogP contribution is -2.24. The summed E-state index contributed by atoms with van der Waals surface area (Å²) in [4.78, 5) is 4.27. The monoisotopic (exact) mass is 297 g/mol. The highest BCUT2D eigenvalue weighted by Crippen LogP contribution is 2.36. The predicted octanol–water partition coefficient (Wildman–Crippen LogP) is 5.90. The van der Waals surface area contributed by atoms with Gasteiger partial charge in [0.1, 0.15) is 5.75 Å². The molecule has 0 N–H and O–H groups in total. The Hall–Kier alpha value is -1.83. The van der Waals surface area contributed by atoms with Gasteiger partial charge in [0.25, 0.3) is 0 Å². The van der Waals surface area contributed by atoms with Crippen LogP contribution in [0.4, 0.5) is 0 Å². The van der Waals surface area contributed by atoms with Crippen LogP contribution in [-0.2, 0) is 5.41 Å². The minimum Gasteiger partial charge on any atom is -0.439 e. The van der Waals surface area contributed by atoms with Crippen molar-refractivity contribution in [1.29, 1.82) is 0 Å². The number of nitrogens with zero attached hydrogens (tertiary/aromatic N) is 1. The summed E-state index contributed by atoms with van der Waals surface area (Å²) >= 11 is 0. The summed E-state index contributed by atoms with van der Waals surface area (Å²) in [5.41, 5.74) is 2.93. The third-order valence-corrected chi connectivity index (χ3v) is 3.71. The van der Waals surface area contributed by atoms with Crippen LogP contribution in [-0.4, -0.2) is 4.98 Å². The molecule has 0 unspecified atom stereocenters. The van der Waals surface area contributed by atoms with Gasteiger partial charge in [-0.25, -0.2) is 4.98 Å². The quantitative estimate of drug-likeness (QED) is 0.701. The fourth-order valence-corrected chi connectivity index (χ4v) is 3.04. The summed E-state index contributed by atoms with van der Waals surface area (Å²) in [6, 6.07) is 12.3. The Kier molecular flexibility index (Phi) is 4.60.